The van der Waals surface area contributed by atoms with Crippen LogP contribution in [-0.2, 0) is 9.47 Å². The average Bonchev–Trinajstić information content (AvgIpc) is 2.62. The number of ether oxygens (including phenoxy) is 2. The highest BCUT2D eigenvalue weighted by molar-refractivity contribution is 5.14. The van der Waals surface area contributed by atoms with E-state index < -0.39 is 0 Å². The fraction of sp³-hybridized carbons (Fsp3) is 0.778. The molecule has 2 nitrogen and oxygen atoms in total. The average molecular weight is 154 g/mol. The van der Waals surface area contributed by atoms with E-state index in [0.717, 1.165) is 6.42 Å². The van der Waals surface area contributed by atoms with Crippen molar-refractivity contribution >= 4 is 0 Å². The number of rotatable bonds is 2. The molecule has 2 heteroatoms. The summed E-state index contributed by atoms with van der Waals surface area (Å²) >= 11 is 0. The first-order valence-electron chi connectivity index (χ1n) is 4.09. The third-order valence-electron chi connectivity index (χ3n) is 2.97. The van der Waals surface area contributed by atoms with E-state index in [9.17, 15) is 0 Å². The van der Waals surface area contributed by atoms with Gasteiger partial charge in [-0.15, -0.1) is 0 Å². The highest BCUT2D eigenvalue weighted by Gasteiger charge is 2.49. The van der Waals surface area contributed by atoms with Crippen molar-refractivity contribution in [2.75, 3.05) is 14.2 Å². The number of fused-ring (bicyclic) bond motifs is 2. The van der Waals surface area contributed by atoms with Gasteiger partial charge in [-0.25, -0.2) is 0 Å². The molecule has 0 aromatic rings. The maximum absolute atomic E-state index is 5.41. The molecule has 0 aromatic carbocycles. The zero-order valence-corrected chi connectivity index (χ0v) is 7.04. The predicted molar refractivity (Wildman–Crippen MR) is 42.1 cm³/mol. The Labute approximate surface area is 67.2 Å². The summed E-state index contributed by atoms with van der Waals surface area (Å²) in [5.74, 6) is 0.891. The Bertz CT molecular complexity index is 182. The van der Waals surface area contributed by atoms with Gasteiger partial charge < -0.3 is 9.47 Å². The summed E-state index contributed by atoms with van der Waals surface area (Å²) in [5, 5.41) is 0. The van der Waals surface area contributed by atoms with E-state index in [4.69, 9.17) is 9.47 Å². The molecule has 2 rings (SSSR count). The van der Waals surface area contributed by atoms with Gasteiger partial charge in [-0.05, 0) is 12.3 Å². The highest BCUT2D eigenvalue weighted by Crippen LogP contribution is 2.48. The van der Waals surface area contributed by atoms with Crippen LogP contribution < -0.4 is 0 Å². The maximum Gasteiger partial charge on any atom is 0.174 e. The number of hydrogen-bond donors (Lipinski definition) is 0. The summed E-state index contributed by atoms with van der Waals surface area (Å²) in [4.78, 5) is 0. The zero-order valence-electron chi connectivity index (χ0n) is 7.04. The lowest BCUT2D eigenvalue weighted by Crippen LogP contribution is -2.37. The van der Waals surface area contributed by atoms with Crippen LogP contribution in [0.15, 0.2) is 12.2 Å². The molecule has 0 amide bonds. The van der Waals surface area contributed by atoms with Crippen molar-refractivity contribution in [2.45, 2.75) is 18.6 Å². The van der Waals surface area contributed by atoms with Gasteiger partial charge in [0.15, 0.2) is 5.79 Å². The van der Waals surface area contributed by atoms with Gasteiger partial charge in [-0.1, -0.05) is 12.2 Å². The third-order valence-corrected chi connectivity index (χ3v) is 2.97. The normalized spacial score (nSPS) is 38.4. The standard InChI is InChI=1S/C9H14O2/c1-10-9(11-2)6-7-3-4-8(9)5-7/h3-4,7-8H,5-6H2,1-2H3. The summed E-state index contributed by atoms with van der Waals surface area (Å²) < 4.78 is 10.8. The lowest BCUT2D eigenvalue weighted by molar-refractivity contribution is -0.221. The molecule has 11 heavy (non-hydrogen) atoms. The van der Waals surface area contributed by atoms with Crippen LogP contribution >= 0.6 is 0 Å². The van der Waals surface area contributed by atoms with E-state index >= 15 is 0 Å². The van der Waals surface area contributed by atoms with E-state index in [1.54, 1.807) is 14.2 Å². The van der Waals surface area contributed by atoms with Crippen LogP contribution in [0.4, 0.5) is 0 Å². The Morgan fingerprint density at radius 2 is 2.00 bits per heavy atom. The summed E-state index contributed by atoms with van der Waals surface area (Å²) in [5.41, 5.74) is 0. The van der Waals surface area contributed by atoms with E-state index in [1.165, 1.54) is 6.42 Å². The van der Waals surface area contributed by atoms with Gasteiger partial charge in [0.25, 0.3) is 0 Å². The van der Waals surface area contributed by atoms with Gasteiger partial charge in [0.05, 0.1) is 0 Å². The van der Waals surface area contributed by atoms with E-state index in [-0.39, 0.29) is 5.79 Å². The number of methoxy groups -OCH3 is 2. The molecule has 0 spiro atoms. The van der Waals surface area contributed by atoms with Crippen molar-refractivity contribution in [3.05, 3.63) is 12.2 Å². The number of hydrogen-bond acceptors (Lipinski definition) is 2. The molecular formula is C9H14O2. The minimum Gasteiger partial charge on any atom is -0.353 e. The van der Waals surface area contributed by atoms with Gasteiger partial charge in [0.2, 0.25) is 0 Å². The second-order valence-corrected chi connectivity index (χ2v) is 3.41. The lowest BCUT2D eigenvalue weighted by Gasteiger charge is -2.32. The molecule has 0 aliphatic heterocycles. The fourth-order valence-electron chi connectivity index (χ4n) is 2.32. The van der Waals surface area contributed by atoms with Crippen molar-refractivity contribution in [1.82, 2.24) is 0 Å². The topological polar surface area (TPSA) is 18.5 Å². The Kier molecular flexibility index (Phi) is 1.55. The molecule has 2 unspecified atom stereocenters. The molecule has 2 atom stereocenters. The van der Waals surface area contributed by atoms with Crippen LogP contribution in [0.25, 0.3) is 0 Å². The minimum atomic E-state index is -0.292. The first-order chi connectivity index (χ1) is 5.30. The third kappa shape index (κ3) is 0.861. The van der Waals surface area contributed by atoms with Gasteiger partial charge in [-0.3, -0.25) is 0 Å². The van der Waals surface area contributed by atoms with Crippen LogP contribution in [0.2, 0.25) is 0 Å². The Morgan fingerprint density at radius 3 is 2.27 bits per heavy atom. The molecule has 0 N–H and O–H groups in total. The zero-order chi connectivity index (χ0) is 7.90. The Hall–Kier alpha value is -0.340. The number of allylic oxidation sites excluding steroid dienone is 1. The van der Waals surface area contributed by atoms with Gasteiger partial charge >= 0.3 is 0 Å². The molecule has 2 aliphatic carbocycles. The van der Waals surface area contributed by atoms with Gasteiger partial charge in [0, 0.05) is 26.6 Å². The van der Waals surface area contributed by atoms with Crippen LogP contribution in [0.5, 0.6) is 0 Å². The van der Waals surface area contributed by atoms with Crippen molar-refractivity contribution in [2.24, 2.45) is 11.8 Å². The molecule has 1 fully saturated rings. The fourth-order valence-corrected chi connectivity index (χ4v) is 2.32. The first-order valence-corrected chi connectivity index (χ1v) is 4.09. The smallest absolute Gasteiger partial charge is 0.174 e. The van der Waals surface area contributed by atoms with Crippen LogP contribution in [-0.4, -0.2) is 20.0 Å². The van der Waals surface area contributed by atoms with Crippen molar-refractivity contribution < 1.29 is 9.47 Å². The Balaban J connectivity index is 2.21. The maximum atomic E-state index is 5.41. The van der Waals surface area contributed by atoms with Crippen LogP contribution in [0.3, 0.4) is 0 Å². The first kappa shape index (κ1) is 7.32. The summed E-state index contributed by atoms with van der Waals surface area (Å²) in [6, 6.07) is 0. The van der Waals surface area contributed by atoms with E-state index in [2.05, 4.69) is 12.2 Å². The molecule has 2 bridgehead atoms. The molecule has 0 radical (unpaired) electrons. The summed E-state index contributed by atoms with van der Waals surface area (Å²) in [6.07, 6.45) is 6.74. The quantitative estimate of drug-likeness (QED) is 0.444. The second kappa shape index (κ2) is 2.32. The lowest BCUT2D eigenvalue weighted by atomic mass is 10.0. The van der Waals surface area contributed by atoms with Gasteiger partial charge in [0.1, 0.15) is 0 Å². The SMILES string of the molecule is COC1(OC)CC2C=CC1C2. The second-order valence-electron chi connectivity index (χ2n) is 3.41. The van der Waals surface area contributed by atoms with E-state index in [1.807, 2.05) is 0 Å². The Morgan fingerprint density at radius 1 is 1.27 bits per heavy atom. The molecule has 0 heterocycles. The van der Waals surface area contributed by atoms with E-state index in [0.29, 0.717) is 11.8 Å². The molecule has 2 aliphatic rings. The van der Waals surface area contributed by atoms with Crippen molar-refractivity contribution in [1.29, 1.82) is 0 Å². The summed E-state index contributed by atoms with van der Waals surface area (Å²) in [7, 11) is 3.47. The van der Waals surface area contributed by atoms with Gasteiger partial charge in [-0.2, -0.15) is 0 Å². The molecular weight excluding hydrogens is 140 g/mol. The minimum absolute atomic E-state index is 0.292. The molecule has 62 valence electrons. The predicted octanol–water partition coefficient (Wildman–Crippen LogP) is 1.57. The van der Waals surface area contributed by atoms with Crippen molar-refractivity contribution in [3.8, 4) is 0 Å². The van der Waals surface area contributed by atoms with Crippen LogP contribution in [0, 0.1) is 11.8 Å². The largest absolute Gasteiger partial charge is 0.353 e. The van der Waals surface area contributed by atoms with Crippen molar-refractivity contribution in [3.63, 3.8) is 0 Å². The molecule has 1 saturated carbocycles. The summed E-state index contributed by atoms with van der Waals surface area (Å²) in [6.45, 7) is 0. The monoisotopic (exact) mass is 154 g/mol. The van der Waals surface area contributed by atoms with Crippen LogP contribution in [0.1, 0.15) is 12.8 Å². The molecule has 0 saturated heterocycles. The molecule has 0 aromatic heterocycles. The highest BCUT2D eigenvalue weighted by atomic mass is 16.7.